The summed E-state index contributed by atoms with van der Waals surface area (Å²) >= 11 is 5.86. The Hall–Kier alpha value is -1.22. The summed E-state index contributed by atoms with van der Waals surface area (Å²) in [5.41, 5.74) is 1.14. The molecule has 1 atom stereocenters. The number of nitrogens with zero attached hydrogens (tertiary/aromatic N) is 1. The molecule has 1 aromatic rings. The van der Waals surface area contributed by atoms with Crippen LogP contribution in [0.25, 0.3) is 0 Å². The van der Waals surface area contributed by atoms with Crippen molar-refractivity contribution in [3.05, 3.63) is 29.8 Å². The summed E-state index contributed by atoms with van der Waals surface area (Å²) in [6.45, 7) is 1.14. The first-order chi connectivity index (χ1) is 9.79. The molecule has 3 rings (SSSR count). The Balaban J connectivity index is 1.70. The van der Waals surface area contributed by atoms with E-state index in [1.54, 1.807) is 0 Å². The molecule has 2 aliphatic rings. The normalized spacial score (nSPS) is 21.6. The Morgan fingerprint density at radius 3 is 2.85 bits per heavy atom. The summed E-state index contributed by atoms with van der Waals surface area (Å²) < 4.78 is 5.74. The molecule has 1 amide bonds. The molecule has 20 heavy (non-hydrogen) atoms. The van der Waals surface area contributed by atoms with Gasteiger partial charge in [-0.25, -0.2) is 0 Å². The second-order valence-corrected chi connectivity index (χ2v) is 6.00. The van der Waals surface area contributed by atoms with Gasteiger partial charge in [-0.2, -0.15) is 0 Å². The van der Waals surface area contributed by atoms with E-state index in [1.165, 1.54) is 6.42 Å². The Bertz CT molecular complexity index is 487. The smallest absolute Gasteiger partial charge is 0.229 e. The molecule has 108 valence electrons. The van der Waals surface area contributed by atoms with E-state index in [-0.39, 0.29) is 11.8 Å². The molecule has 0 spiro atoms. The fourth-order valence-corrected chi connectivity index (χ4v) is 3.17. The summed E-state index contributed by atoms with van der Waals surface area (Å²) in [7, 11) is 0. The first-order valence-corrected chi connectivity index (χ1v) is 7.90. The van der Waals surface area contributed by atoms with Crippen molar-refractivity contribution in [3.8, 4) is 5.75 Å². The van der Waals surface area contributed by atoms with Gasteiger partial charge in [-0.05, 0) is 37.3 Å². The van der Waals surface area contributed by atoms with E-state index >= 15 is 0 Å². The average molecular weight is 294 g/mol. The van der Waals surface area contributed by atoms with Gasteiger partial charge in [-0.3, -0.25) is 4.79 Å². The molecule has 3 nitrogen and oxygen atoms in total. The van der Waals surface area contributed by atoms with Crippen LogP contribution in [0.3, 0.4) is 0 Å². The molecular weight excluding hydrogens is 274 g/mol. The Labute approximate surface area is 124 Å². The monoisotopic (exact) mass is 293 g/mol. The maximum absolute atomic E-state index is 12.7. The van der Waals surface area contributed by atoms with Crippen molar-refractivity contribution in [2.75, 3.05) is 19.0 Å². The molecule has 0 bridgehead atoms. The lowest BCUT2D eigenvalue weighted by atomic mass is 9.89. The van der Waals surface area contributed by atoms with Crippen molar-refractivity contribution in [1.82, 2.24) is 4.90 Å². The van der Waals surface area contributed by atoms with Crippen molar-refractivity contribution in [2.24, 2.45) is 5.92 Å². The quantitative estimate of drug-likeness (QED) is 0.799. The van der Waals surface area contributed by atoms with Crippen LogP contribution in [0.4, 0.5) is 0 Å². The molecule has 4 heteroatoms. The number of benzene rings is 1. The number of ether oxygens (including phenoxy) is 1. The van der Waals surface area contributed by atoms with Crippen molar-refractivity contribution >= 4 is 17.5 Å². The molecule has 1 aromatic carbocycles. The number of carbonyl (C=O) groups excluding carboxylic acids is 1. The van der Waals surface area contributed by atoms with Gasteiger partial charge < -0.3 is 9.64 Å². The molecular formula is C16H20ClNO2. The predicted molar refractivity (Wildman–Crippen MR) is 79.2 cm³/mol. The van der Waals surface area contributed by atoms with E-state index < -0.39 is 0 Å². The van der Waals surface area contributed by atoms with Gasteiger partial charge in [0.1, 0.15) is 12.4 Å². The highest BCUT2D eigenvalue weighted by molar-refractivity contribution is 6.18. The van der Waals surface area contributed by atoms with E-state index in [2.05, 4.69) is 0 Å². The highest BCUT2D eigenvalue weighted by Gasteiger charge is 2.34. The SMILES string of the molecule is O=C(C1COc2ccccc2C1)N(CCCl)C1CCC1. The molecule has 1 fully saturated rings. The summed E-state index contributed by atoms with van der Waals surface area (Å²) in [4.78, 5) is 14.7. The molecule has 0 saturated heterocycles. The fourth-order valence-electron chi connectivity index (χ4n) is 2.98. The van der Waals surface area contributed by atoms with Gasteiger partial charge in [0.2, 0.25) is 5.91 Å². The van der Waals surface area contributed by atoms with E-state index in [9.17, 15) is 4.79 Å². The third-order valence-electron chi connectivity index (χ3n) is 4.35. The highest BCUT2D eigenvalue weighted by atomic mass is 35.5. The van der Waals surface area contributed by atoms with Crippen molar-refractivity contribution < 1.29 is 9.53 Å². The number of hydrogen-bond acceptors (Lipinski definition) is 2. The van der Waals surface area contributed by atoms with E-state index in [0.717, 1.165) is 30.6 Å². The molecule has 1 aliphatic heterocycles. The van der Waals surface area contributed by atoms with Crippen LogP contribution in [-0.4, -0.2) is 35.9 Å². The van der Waals surface area contributed by atoms with Crippen LogP contribution in [0.5, 0.6) is 5.75 Å². The second-order valence-electron chi connectivity index (χ2n) is 5.63. The summed E-state index contributed by atoms with van der Waals surface area (Å²) in [5, 5.41) is 0. The summed E-state index contributed by atoms with van der Waals surface area (Å²) in [6, 6.07) is 8.38. The van der Waals surface area contributed by atoms with E-state index in [1.807, 2.05) is 29.2 Å². The zero-order valence-corrected chi connectivity index (χ0v) is 12.3. The van der Waals surface area contributed by atoms with E-state index in [4.69, 9.17) is 16.3 Å². The van der Waals surface area contributed by atoms with Gasteiger partial charge in [0, 0.05) is 18.5 Å². The molecule has 1 heterocycles. The third-order valence-corrected chi connectivity index (χ3v) is 4.52. The lowest BCUT2D eigenvalue weighted by molar-refractivity contribution is -0.140. The number of amides is 1. The number of rotatable bonds is 4. The number of alkyl halides is 1. The largest absolute Gasteiger partial charge is 0.492 e. The van der Waals surface area contributed by atoms with Gasteiger partial charge in [0.15, 0.2) is 0 Å². The number of halogens is 1. The van der Waals surface area contributed by atoms with Crippen LogP contribution in [0.15, 0.2) is 24.3 Å². The van der Waals surface area contributed by atoms with Gasteiger partial charge in [-0.15, -0.1) is 11.6 Å². The minimum Gasteiger partial charge on any atom is -0.492 e. The van der Waals surface area contributed by atoms with Crippen molar-refractivity contribution in [2.45, 2.75) is 31.7 Å². The first kappa shape index (κ1) is 13.7. The highest BCUT2D eigenvalue weighted by Crippen LogP contribution is 2.30. The molecule has 1 saturated carbocycles. The lowest BCUT2D eigenvalue weighted by Gasteiger charge is -2.39. The van der Waals surface area contributed by atoms with Crippen LogP contribution in [0.1, 0.15) is 24.8 Å². The van der Waals surface area contributed by atoms with Crippen LogP contribution in [0.2, 0.25) is 0 Å². The fraction of sp³-hybridized carbons (Fsp3) is 0.562. The summed E-state index contributed by atoms with van der Waals surface area (Å²) in [6.07, 6.45) is 4.24. The van der Waals surface area contributed by atoms with Crippen LogP contribution >= 0.6 is 11.6 Å². The van der Waals surface area contributed by atoms with Crippen molar-refractivity contribution in [3.63, 3.8) is 0 Å². The Kier molecular flexibility index (Phi) is 4.16. The van der Waals surface area contributed by atoms with E-state index in [0.29, 0.717) is 25.1 Å². The average Bonchev–Trinajstić information content (AvgIpc) is 2.43. The first-order valence-electron chi connectivity index (χ1n) is 7.36. The molecule has 1 unspecified atom stereocenters. The van der Waals surface area contributed by atoms with Crippen LogP contribution in [0, 0.1) is 5.92 Å². The van der Waals surface area contributed by atoms with Gasteiger partial charge in [0.25, 0.3) is 0 Å². The standard InChI is InChI=1S/C16H20ClNO2/c17-8-9-18(14-5-3-6-14)16(19)13-10-12-4-1-2-7-15(12)20-11-13/h1-2,4,7,13-14H,3,5-6,8-11H2. The number of hydrogen-bond donors (Lipinski definition) is 0. The second kappa shape index (κ2) is 6.04. The minimum atomic E-state index is -0.0614. The Morgan fingerprint density at radius 2 is 2.15 bits per heavy atom. The number of para-hydroxylation sites is 1. The van der Waals surface area contributed by atoms with Gasteiger partial charge in [0.05, 0.1) is 5.92 Å². The van der Waals surface area contributed by atoms with Gasteiger partial charge >= 0.3 is 0 Å². The maximum Gasteiger partial charge on any atom is 0.229 e. The molecule has 0 N–H and O–H groups in total. The zero-order valence-electron chi connectivity index (χ0n) is 11.6. The predicted octanol–water partition coefficient (Wildman–Crippen LogP) is 2.86. The molecule has 0 radical (unpaired) electrons. The Morgan fingerprint density at radius 1 is 1.35 bits per heavy atom. The zero-order chi connectivity index (χ0) is 13.9. The number of fused-ring (bicyclic) bond motifs is 1. The van der Waals surface area contributed by atoms with Crippen LogP contribution < -0.4 is 4.74 Å². The van der Waals surface area contributed by atoms with Crippen LogP contribution in [-0.2, 0) is 11.2 Å². The number of carbonyl (C=O) groups is 1. The third kappa shape index (κ3) is 2.64. The topological polar surface area (TPSA) is 29.5 Å². The van der Waals surface area contributed by atoms with Crippen molar-refractivity contribution in [1.29, 1.82) is 0 Å². The molecule has 0 aromatic heterocycles. The van der Waals surface area contributed by atoms with Gasteiger partial charge in [-0.1, -0.05) is 18.2 Å². The summed E-state index contributed by atoms with van der Waals surface area (Å²) in [5.74, 6) is 1.58. The molecule has 1 aliphatic carbocycles. The lowest BCUT2D eigenvalue weighted by Crippen LogP contribution is -2.49. The maximum atomic E-state index is 12.7. The minimum absolute atomic E-state index is 0.0614.